The molecule has 1 saturated heterocycles. The van der Waals surface area contributed by atoms with Crippen LogP contribution in [-0.4, -0.2) is 44.5 Å². The van der Waals surface area contributed by atoms with Crippen LogP contribution in [0, 0.1) is 5.41 Å². The van der Waals surface area contributed by atoms with Gasteiger partial charge in [0, 0.05) is 19.1 Å². The predicted molar refractivity (Wildman–Crippen MR) is 103 cm³/mol. The van der Waals surface area contributed by atoms with Crippen LogP contribution in [0.3, 0.4) is 0 Å². The number of rotatable bonds is 1. The second-order valence-electron chi connectivity index (χ2n) is 7.40. The largest absolute Gasteiger partial charge is 0.338 e. The number of nitrogens with zero attached hydrogens (tertiary/aromatic N) is 3. The SMILES string of the molecule is CC1(C)CN(C(=O)c2cnn3c2[nH]c(=O)c2ccccc23)CCC1N.Cl. The molecule has 3 heterocycles. The number of hydrogen-bond donors (Lipinski definition) is 2. The van der Waals surface area contributed by atoms with Gasteiger partial charge in [-0.05, 0) is 24.0 Å². The predicted octanol–water partition coefficient (Wildman–Crippen LogP) is 1.80. The molecule has 0 spiro atoms. The zero-order valence-corrected chi connectivity index (χ0v) is 15.5. The highest BCUT2D eigenvalue weighted by molar-refractivity contribution is 6.00. The molecule has 4 rings (SSSR count). The minimum absolute atomic E-state index is 0. The van der Waals surface area contributed by atoms with Crippen LogP contribution in [0.2, 0.25) is 0 Å². The Morgan fingerprint density at radius 1 is 1.35 bits per heavy atom. The number of para-hydroxylation sites is 1. The van der Waals surface area contributed by atoms with Crippen molar-refractivity contribution in [2.24, 2.45) is 11.1 Å². The van der Waals surface area contributed by atoms with Gasteiger partial charge in [-0.1, -0.05) is 26.0 Å². The molecule has 1 fully saturated rings. The van der Waals surface area contributed by atoms with Crippen LogP contribution in [0.25, 0.3) is 16.6 Å². The molecule has 0 saturated carbocycles. The van der Waals surface area contributed by atoms with Gasteiger partial charge in [0.2, 0.25) is 0 Å². The van der Waals surface area contributed by atoms with Crippen molar-refractivity contribution in [1.82, 2.24) is 19.5 Å². The van der Waals surface area contributed by atoms with Crippen LogP contribution in [0.5, 0.6) is 0 Å². The number of piperidine rings is 1. The van der Waals surface area contributed by atoms with Gasteiger partial charge in [-0.3, -0.25) is 9.59 Å². The Kier molecular flexibility index (Phi) is 4.54. The number of nitrogens with two attached hydrogens (primary N) is 1. The summed E-state index contributed by atoms with van der Waals surface area (Å²) in [7, 11) is 0. The van der Waals surface area contributed by atoms with E-state index in [9.17, 15) is 9.59 Å². The van der Waals surface area contributed by atoms with E-state index in [4.69, 9.17) is 5.73 Å². The number of aromatic amines is 1. The van der Waals surface area contributed by atoms with Crippen molar-refractivity contribution in [2.75, 3.05) is 13.1 Å². The first-order chi connectivity index (χ1) is 11.9. The average Bonchev–Trinajstić information content (AvgIpc) is 3.01. The van der Waals surface area contributed by atoms with E-state index in [-0.39, 0.29) is 35.3 Å². The number of fused-ring (bicyclic) bond motifs is 3. The number of aromatic nitrogens is 3. The highest BCUT2D eigenvalue weighted by atomic mass is 35.5. The molecule has 1 aliphatic heterocycles. The van der Waals surface area contributed by atoms with E-state index >= 15 is 0 Å². The minimum atomic E-state index is -0.223. The summed E-state index contributed by atoms with van der Waals surface area (Å²) in [4.78, 5) is 30.0. The molecule has 1 aliphatic rings. The summed E-state index contributed by atoms with van der Waals surface area (Å²) in [6.45, 7) is 5.34. The van der Waals surface area contributed by atoms with Crippen molar-refractivity contribution >= 4 is 34.9 Å². The first kappa shape index (κ1) is 18.4. The monoisotopic (exact) mass is 375 g/mol. The Balaban J connectivity index is 0.00000196. The number of likely N-dealkylation sites (tertiary alicyclic amines) is 1. The number of benzene rings is 1. The standard InChI is InChI=1S/C18H21N5O2.ClH/c1-18(2)10-22(8-7-14(18)19)17(25)12-9-20-23-13-6-4-3-5-11(13)16(24)21-15(12)23;/h3-6,9,14H,7-8,10,19H2,1-2H3,(H,21,24);1H. The summed E-state index contributed by atoms with van der Waals surface area (Å²) in [6.07, 6.45) is 2.29. The number of nitrogens with one attached hydrogen (secondary N) is 1. The molecule has 1 amide bonds. The first-order valence-electron chi connectivity index (χ1n) is 8.42. The lowest BCUT2D eigenvalue weighted by atomic mass is 9.79. The van der Waals surface area contributed by atoms with Crippen LogP contribution < -0.4 is 11.3 Å². The summed E-state index contributed by atoms with van der Waals surface area (Å²) in [5, 5.41) is 4.87. The highest BCUT2D eigenvalue weighted by Gasteiger charge is 2.36. The first-order valence-corrected chi connectivity index (χ1v) is 8.42. The Morgan fingerprint density at radius 3 is 2.81 bits per heavy atom. The molecule has 1 unspecified atom stereocenters. The van der Waals surface area contributed by atoms with Crippen LogP contribution in [-0.2, 0) is 0 Å². The zero-order valence-electron chi connectivity index (χ0n) is 14.7. The normalized spacial score (nSPS) is 19.5. The summed E-state index contributed by atoms with van der Waals surface area (Å²) < 4.78 is 1.62. The maximum atomic E-state index is 13.0. The summed E-state index contributed by atoms with van der Waals surface area (Å²) in [6, 6.07) is 7.29. The fraction of sp³-hybridized carbons (Fsp3) is 0.389. The topological polar surface area (TPSA) is 96.5 Å². The molecule has 0 bridgehead atoms. The molecule has 0 aliphatic carbocycles. The van der Waals surface area contributed by atoms with Crippen molar-refractivity contribution < 1.29 is 4.79 Å². The van der Waals surface area contributed by atoms with Crippen molar-refractivity contribution in [3.63, 3.8) is 0 Å². The molecule has 2 aromatic heterocycles. The van der Waals surface area contributed by atoms with E-state index in [1.54, 1.807) is 21.5 Å². The molecule has 1 aromatic carbocycles. The van der Waals surface area contributed by atoms with E-state index in [0.29, 0.717) is 35.2 Å². The zero-order chi connectivity index (χ0) is 17.8. The van der Waals surface area contributed by atoms with E-state index in [1.165, 1.54) is 6.20 Å². The molecule has 7 nitrogen and oxygen atoms in total. The molecule has 138 valence electrons. The summed E-state index contributed by atoms with van der Waals surface area (Å²) in [5.41, 5.74) is 7.32. The maximum Gasteiger partial charge on any atom is 0.259 e. The average molecular weight is 376 g/mol. The lowest BCUT2D eigenvalue weighted by molar-refractivity contribution is 0.0534. The van der Waals surface area contributed by atoms with Crippen LogP contribution in [0.1, 0.15) is 30.6 Å². The quantitative estimate of drug-likeness (QED) is 0.677. The third-order valence-corrected chi connectivity index (χ3v) is 5.21. The van der Waals surface area contributed by atoms with Crippen LogP contribution in [0.15, 0.2) is 35.3 Å². The van der Waals surface area contributed by atoms with Crippen LogP contribution >= 0.6 is 12.4 Å². The maximum absolute atomic E-state index is 13.0. The lowest BCUT2D eigenvalue weighted by Gasteiger charge is -2.42. The van der Waals surface area contributed by atoms with Crippen LogP contribution in [0.4, 0.5) is 0 Å². The van der Waals surface area contributed by atoms with Gasteiger partial charge in [-0.25, -0.2) is 4.52 Å². The molecule has 8 heteroatoms. The molecule has 3 aromatic rings. The van der Waals surface area contributed by atoms with Gasteiger partial charge in [0.15, 0.2) is 0 Å². The van der Waals surface area contributed by atoms with Crippen molar-refractivity contribution in [1.29, 1.82) is 0 Å². The van der Waals surface area contributed by atoms with Gasteiger partial charge in [-0.15, -0.1) is 12.4 Å². The third-order valence-electron chi connectivity index (χ3n) is 5.21. The number of H-pyrrole nitrogens is 1. The van der Waals surface area contributed by atoms with Gasteiger partial charge >= 0.3 is 0 Å². The van der Waals surface area contributed by atoms with Gasteiger partial charge < -0.3 is 15.6 Å². The van der Waals surface area contributed by atoms with Crippen molar-refractivity contribution in [2.45, 2.75) is 26.3 Å². The highest BCUT2D eigenvalue weighted by Crippen LogP contribution is 2.29. The molecule has 0 radical (unpaired) electrons. The van der Waals surface area contributed by atoms with Gasteiger partial charge in [-0.2, -0.15) is 5.10 Å². The Morgan fingerprint density at radius 2 is 2.08 bits per heavy atom. The number of amides is 1. The second kappa shape index (κ2) is 6.41. The van der Waals surface area contributed by atoms with E-state index in [0.717, 1.165) is 6.42 Å². The van der Waals surface area contributed by atoms with E-state index in [1.807, 2.05) is 12.1 Å². The minimum Gasteiger partial charge on any atom is -0.338 e. The number of carbonyl (C=O) groups is 1. The lowest BCUT2D eigenvalue weighted by Crippen LogP contribution is -2.54. The Bertz CT molecular complexity index is 1040. The molecular formula is C18H22ClN5O2. The fourth-order valence-corrected chi connectivity index (χ4v) is 3.55. The van der Waals surface area contributed by atoms with E-state index in [2.05, 4.69) is 23.9 Å². The number of hydrogen-bond acceptors (Lipinski definition) is 4. The van der Waals surface area contributed by atoms with Gasteiger partial charge in [0.05, 0.1) is 17.1 Å². The molecule has 26 heavy (non-hydrogen) atoms. The number of halogens is 1. The van der Waals surface area contributed by atoms with Gasteiger partial charge in [0.1, 0.15) is 11.2 Å². The summed E-state index contributed by atoms with van der Waals surface area (Å²) >= 11 is 0. The third kappa shape index (κ3) is 2.77. The van der Waals surface area contributed by atoms with Crippen molar-refractivity contribution in [3.05, 3.63) is 46.4 Å². The second-order valence-corrected chi connectivity index (χ2v) is 7.40. The Labute approximate surface area is 156 Å². The van der Waals surface area contributed by atoms with Gasteiger partial charge in [0.25, 0.3) is 11.5 Å². The summed E-state index contributed by atoms with van der Waals surface area (Å²) in [5.74, 6) is -0.124. The fourth-order valence-electron chi connectivity index (χ4n) is 3.55. The van der Waals surface area contributed by atoms with E-state index < -0.39 is 0 Å². The number of carbonyl (C=O) groups excluding carboxylic acids is 1. The Hall–Kier alpha value is -2.38. The smallest absolute Gasteiger partial charge is 0.259 e. The molecular weight excluding hydrogens is 354 g/mol. The molecule has 3 N–H and O–H groups in total. The molecule has 1 atom stereocenters. The van der Waals surface area contributed by atoms with Crippen molar-refractivity contribution in [3.8, 4) is 0 Å².